The van der Waals surface area contributed by atoms with Crippen LogP contribution in [0.4, 0.5) is 5.69 Å². The summed E-state index contributed by atoms with van der Waals surface area (Å²) in [5.41, 5.74) is 7.87. The van der Waals surface area contributed by atoms with Crippen LogP contribution >= 0.6 is 0 Å². The van der Waals surface area contributed by atoms with E-state index in [-0.39, 0.29) is 23.8 Å². The Morgan fingerprint density at radius 2 is 1.76 bits per heavy atom. The molecule has 1 rings (SSSR count). The van der Waals surface area contributed by atoms with E-state index in [1.54, 1.807) is 18.2 Å². The van der Waals surface area contributed by atoms with Gasteiger partial charge in [-0.3, -0.25) is 9.59 Å². The van der Waals surface area contributed by atoms with Crippen LogP contribution in [-0.2, 0) is 4.79 Å². The Balaban J connectivity index is 2.83. The van der Waals surface area contributed by atoms with E-state index in [1.165, 1.54) is 0 Å². The van der Waals surface area contributed by atoms with Crippen molar-refractivity contribution in [2.24, 2.45) is 11.7 Å². The third-order valence-corrected chi connectivity index (χ3v) is 3.18. The summed E-state index contributed by atoms with van der Waals surface area (Å²) in [6, 6.07) is 4.74. The van der Waals surface area contributed by atoms with Gasteiger partial charge in [-0.25, -0.2) is 0 Å². The molecule has 0 heterocycles. The molecule has 0 fully saturated rings. The van der Waals surface area contributed by atoms with E-state index in [2.05, 4.69) is 10.6 Å². The van der Waals surface area contributed by atoms with Crippen molar-refractivity contribution < 1.29 is 9.59 Å². The molecule has 0 unspecified atom stereocenters. The smallest absolute Gasteiger partial charge is 0.251 e. The molecule has 0 spiro atoms. The van der Waals surface area contributed by atoms with Crippen molar-refractivity contribution in [3.63, 3.8) is 0 Å². The summed E-state index contributed by atoms with van der Waals surface area (Å²) < 4.78 is 0. The lowest BCUT2D eigenvalue weighted by molar-refractivity contribution is -0.118. The zero-order chi connectivity index (χ0) is 16.2. The number of carbonyl (C=O) groups is 2. The molecule has 5 heteroatoms. The highest BCUT2D eigenvalue weighted by molar-refractivity contribution is 5.98. The van der Waals surface area contributed by atoms with Crippen LogP contribution in [0.15, 0.2) is 18.2 Å². The van der Waals surface area contributed by atoms with E-state index in [4.69, 9.17) is 5.73 Å². The first kappa shape index (κ1) is 17.2. The lowest BCUT2D eigenvalue weighted by Gasteiger charge is -2.16. The molecule has 1 aromatic rings. The van der Waals surface area contributed by atoms with Gasteiger partial charge in [-0.15, -0.1) is 0 Å². The predicted molar refractivity (Wildman–Crippen MR) is 85.2 cm³/mol. The number of aryl methyl sites for hydroxylation is 1. The second kappa shape index (κ2) is 7.22. The van der Waals surface area contributed by atoms with Crippen LogP contribution < -0.4 is 16.4 Å². The van der Waals surface area contributed by atoms with Crippen LogP contribution in [0.1, 0.15) is 43.6 Å². The number of hydrogen-bond donors (Lipinski definition) is 3. The number of nitrogens with one attached hydrogen (secondary N) is 2. The Hall–Kier alpha value is -1.88. The Labute approximate surface area is 126 Å². The standard InChI is InChI=1S/C16H25N3O2/c1-9(2)14(17)16(21)19-12-6-7-13(11(5)8-12)15(20)18-10(3)4/h6-10,14H,17H2,1-5H3,(H,18,20)(H,19,21)/t14-/m0/s1. The first-order chi connectivity index (χ1) is 9.72. The summed E-state index contributed by atoms with van der Waals surface area (Å²) >= 11 is 0. The second-order valence-electron chi connectivity index (χ2n) is 5.92. The maximum absolute atomic E-state index is 12.0. The van der Waals surface area contributed by atoms with Crippen molar-refractivity contribution in [2.75, 3.05) is 5.32 Å². The van der Waals surface area contributed by atoms with Gasteiger partial charge in [0.25, 0.3) is 5.91 Å². The van der Waals surface area contributed by atoms with Gasteiger partial charge in [0, 0.05) is 17.3 Å². The molecule has 0 saturated carbocycles. The van der Waals surface area contributed by atoms with Crippen LogP contribution in [0.25, 0.3) is 0 Å². The third kappa shape index (κ3) is 4.86. The van der Waals surface area contributed by atoms with Crippen LogP contribution in [0.3, 0.4) is 0 Å². The number of rotatable bonds is 5. The van der Waals surface area contributed by atoms with E-state index in [0.29, 0.717) is 11.3 Å². The summed E-state index contributed by atoms with van der Waals surface area (Å²) in [5, 5.41) is 5.62. The van der Waals surface area contributed by atoms with E-state index in [1.807, 2.05) is 34.6 Å². The maximum atomic E-state index is 12.0. The topological polar surface area (TPSA) is 84.2 Å². The fraction of sp³-hybridized carbons (Fsp3) is 0.500. The average Bonchev–Trinajstić information content (AvgIpc) is 2.36. The minimum atomic E-state index is -0.547. The molecule has 0 radical (unpaired) electrons. The Morgan fingerprint density at radius 1 is 1.14 bits per heavy atom. The fourth-order valence-electron chi connectivity index (χ4n) is 1.86. The van der Waals surface area contributed by atoms with Crippen molar-refractivity contribution >= 4 is 17.5 Å². The summed E-state index contributed by atoms with van der Waals surface area (Å²) in [6.07, 6.45) is 0. The Kier molecular flexibility index (Phi) is 5.90. The number of carbonyl (C=O) groups excluding carboxylic acids is 2. The highest BCUT2D eigenvalue weighted by Gasteiger charge is 2.18. The van der Waals surface area contributed by atoms with Gasteiger partial charge in [-0.2, -0.15) is 0 Å². The van der Waals surface area contributed by atoms with Gasteiger partial charge in [0.1, 0.15) is 0 Å². The lowest BCUT2D eigenvalue weighted by atomic mass is 10.0. The predicted octanol–water partition coefficient (Wildman–Crippen LogP) is 2.06. The first-order valence-corrected chi connectivity index (χ1v) is 7.20. The highest BCUT2D eigenvalue weighted by Crippen LogP contribution is 2.16. The molecule has 5 nitrogen and oxygen atoms in total. The number of amides is 2. The number of nitrogens with two attached hydrogens (primary N) is 1. The number of hydrogen-bond acceptors (Lipinski definition) is 3. The van der Waals surface area contributed by atoms with Crippen molar-refractivity contribution in [2.45, 2.75) is 46.7 Å². The zero-order valence-electron chi connectivity index (χ0n) is 13.4. The second-order valence-corrected chi connectivity index (χ2v) is 5.92. The summed E-state index contributed by atoms with van der Waals surface area (Å²) in [4.78, 5) is 23.9. The molecule has 1 aromatic carbocycles. The van der Waals surface area contributed by atoms with Crippen molar-refractivity contribution in [1.29, 1.82) is 0 Å². The van der Waals surface area contributed by atoms with E-state index in [9.17, 15) is 9.59 Å². The van der Waals surface area contributed by atoms with Crippen molar-refractivity contribution in [1.82, 2.24) is 5.32 Å². The minimum absolute atomic E-state index is 0.0715. The highest BCUT2D eigenvalue weighted by atomic mass is 16.2. The van der Waals surface area contributed by atoms with Crippen LogP contribution in [-0.4, -0.2) is 23.9 Å². The largest absolute Gasteiger partial charge is 0.350 e. The summed E-state index contributed by atoms with van der Waals surface area (Å²) in [5.74, 6) is -0.259. The lowest BCUT2D eigenvalue weighted by Crippen LogP contribution is -2.39. The normalized spacial score (nSPS) is 12.4. The fourth-order valence-corrected chi connectivity index (χ4v) is 1.86. The van der Waals surface area contributed by atoms with Gasteiger partial charge < -0.3 is 16.4 Å². The minimum Gasteiger partial charge on any atom is -0.350 e. The molecule has 0 aliphatic rings. The molecule has 0 bridgehead atoms. The molecule has 1 atom stereocenters. The quantitative estimate of drug-likeness (QED) is 0.776. The molecule has 0 aliphatic heterocycles. The van der Waals surface area contributed by atoms with Crippen molar-refractivity contribution in [3.05, 3.63) is 29.3 Å². The van der Waals surface area contributed by atoms with Gasteiger partial charge in [0.15, 0.2) is 0 Å². The zero-order valence-corrected chi connectivity index (χ0v) is 13.4. The summed E-state index contributed by atoms with van der Waals surface area (Å²) in [6.45, 7) is 9.46. The van der Waals surface area contributed by atoms with Gasteiger partial charge in [-0.05, 0) is 50.5 Å². The van der Waals surface area contributed by atoms with E-state index >= 15 is 0 Å². The Morgan fingerprint density at radius 3 is 2.24 bits per heavy atom. The SMILES string of the molecule is Cc1cc(NC(=O)[C@@H](N)C(C)C)ccc1C(=O)NC(C)C. The molecule has 0 saturated heterocycles. The molecule has 4 N–H and O–H groups in total. The van der Waals surface area contributed by atoms with Crippen molar-refractivity contribution in [3.8, 4) is 0 Å². The first-order valence-electron chi connectivity index (χ1n) is 7.20. The summed E-state index contributed by atoms with van der Waals surface area (Å²) in [7, 11) is 0. The molecule has 0 aliphatic carbocycles. The van der Waals surface area contributed by atoms with E-state index < -0.39 is 6.04 Å². The molecule has 21 heavy (non-hydrogen) atoms. The van der Waals surface area contributed by atoms with Gasteiger partial charge in [0.05, 0.1) is 6.04 Å². The molecular weight excluding hydrogens is 266 g/mol. The monoisotopic (exact) mass is 291 g/mol. The molecule has 0 aromatic heterocycles. The van der Waals surface area contributed by atoms with E-state index in [0.717, 1.165) is 5.56 Å². The van der Waals surface area contributed by atoms with Crippen LogP contribution in [0.2, 0.25) is 0 Å². The van der Waals surface area contributed by atoms with Gasteiger partial charge >= 0.3 is 0 Å². The van der Waals surface area contributed by atoms with Crippen LogP contribution in [0.5, 0.6) is 0 Å². The average molecular weight is 291 g/mol. The van der Waals surface area contributed by atoms with Gasteiger partial charge in [0.2, 0.25) is 5.91 Å². The van der Waals surface area contributed by atoms with Gasteiger partial charge in [-0.1, -0.05) is 13.8 Å². The van der Waals surface area contributed by atoms with Crippen LogP contribution in [0, 0.1) is 12.8 Å². The molecular formula is C16H25N3O2. The number of anilines is 1. The maximum Gasteiger partial charge on any atom is 0.251 e. The molecule has 116 valence electrons. The Bertz CT molecular complexity index is 524. The number of benzene rings is 1. The molecule has 2 amide bonds. The third-order valence-electron chi connectivity index (χ3n) is 3.18.